The number of hydrogen-bond acceptors (Lipinski definition) is 7. The van der Waals surface area contributed by atoms with Crippen LogP contribution < -0.4 is 10.6 Å². The Bertz CT molecular complexity index is 815. The van der Waals surface area contributed by atoms with E-state index in [-0.39, 0.29) is 0 Å². The molecule has 0 amide bonds. The number of aromatic nitrogens is 5. The predicted molar refractivity (Wildman–Crippen MR) is 81.5 cm³/mol. The minimum absolute atomic E-state index is 0.407. The van der Waals surface area contributed by atoms with Crippen LogP contribution in [0.5, 0.6) is 0 Å². The van der Waals surface area contributed by atoms with Crippen molar-refractivity contribution in [1.82, 2.24) is 24.6 Å². The SMILES string of the molecule is Cc1cc(NCCNc2ccc(C#N)nc2)n2ncnc2n1. The molecule has 2 N–H and O–H groups in total. The van der Waals surface area contributed by atoms with Gasteiger partial charge >= 0.3 is 0 Å². The number of hydrogen-bond donors (Lipinski definition) is 2. The van der Waals surface area contributed by atoms with Gasteiger partial charge in [0.15, 0.2) is 0 Å². The molecule has 8 heteroatoms. The average Bonchev–Trinajstić information content (AvgIpc) is 3.00. The Balaban J connectivity index is 1.58. The third-order valence-corrected chi connectivity index (χ3v) is 3.02. The Morgan fingerprint density at radius 1 is 1.23 bits per heavy atom. The molecule has 0 aliphatic rings. The molecule has 0 saturated carbocycles. The topological polar surface area (TPSA) is 104 Å². The number of anilines is 2. The zero-order valence-electron chi connectivity index (χ0n) is 12.0. The van der Waals surface area contributed by atoms with Crippen LogP contribution >= 0.6 is 0 Å². The number of rotatable bonds is 5. The Kier molecular flexibility index (Phi) is 3.78. The lowest BCUT2D eigenvalue weighted by molar-refractivity contribution is 0.915. The molecule has 0 atom stereocenters. The van der Waals surface area contributed by atoms with E-state index in [1.165, 1.54) is 6.33 Å². The zero-order chi connectivity index (χ0) is 15.4. The van der Waals surface area contributed by atoms with Crippen LogP contribution in [0.3, 0.4) is 0 Å². The third kappa shape index (κ3) is 2.93. The van der Waals surface area contributed by atoms with E-state index in [0.717, 1.165) is 17.2 Å². The van der Waals surface area contributed by atoms with Gasteiger partial charge in [0.2, 0.25) is 0 Å². The molecule has 0 aliphatic carbocycles. The van der Waals surface area contributed by atoms with Crippen LogP contribution in [-0.4, -0.2) is 37.7 Å². The highest BCUT2D eigenvalue weighted by molar-refractivity contribution is 5.46. The van der Waals surface area contributed by atoms with Crippen molar-refractivity contribution in [3.8, 4) is 6.07 Å². The average molecular weight is 294 g/mol. The summed E-state index contributed by atoms with van der Waals surface area (Å²) in [6, 6.07) is 7.42. The van der Waals surface area contributed by atoms with E-state index in [1.807, 2.05) is 25.1 Å². The van der Waals surface area contributed by atoms with Crippen molar-refractivity contribution in [3.63, 3.8) is 0 Å². The van der Waals surface area contributed by atoms with E-state index in [0.29, 0.717) is 24.6 Å². The van der Waals surface area contributed by atoms with Gasteiger partial charge in [-0.05, 0) is 19.1 Å². The highest BCUT2D eigenvalue weighted by Crippen LogP contribution is 2.10. The molecule has 0 fully saturated rings. The lowest BCUT2D eigenvalue weighted by Crippen LogP contribution is -2.16. The molecule has 0 bridgehead atoms. The van der Waals surface area contributed by atoms with Gasteiger partial charge in [-0.1, -0.05) is 0 Å². The van der Waals surface area contributed by atoms with Crippen molar-refractivity contribution >= 4 is 17.3 Å². The number of fused-ring (bicyclic) bond motifs is 1. The first-order valence-electron chi connectivity index (χ1n) is 6.77. The van der Waals surface area contributed by atoms with Crippen LogP contribution in [-0.2, 0) is 0 Å². The predicted octanol–water partition coefficient (Wildman–Crippen LogP) is 1.22. The summed E-state index contributed by atoms with van der Waals surface area (Å²) in [6.45, 7) is 3.31. The maximum absolute atomic E-state index is 8.70. The van der Waals surface area contributed by atoms with Gasteiger partial charge < -0.3 is 10.6 Å². The molecule has 3 aromatic rings. The molecule has 0 radical (unpaired) electrons. The second kappa shape index (κ2) is 6.05. The maximum Gasteiger partial charge on any atom is 0.254 e. The molecule has 22 heavy (non-hydrogen) atoms. The molecule has 3 heterocycles. The summed E-state index contributed by atoms with van der Waals surface area (Å²) >= 11 is 0. The summed E-state index contributed by atoms with van der Waals surface area (Å²) in [5.41, 5.74) is 2.16. The van der Waals surface area contributed by atoms with Gasteiger partial charge in [0.1, 0.15) is 23.9 Å². The molecule has 3 aromatic heterocycles. The van der Waals surface area contributed by atoms with Crippen LogP contribution in [0, 0.1) is 18.3 Å². The molecular weight excluding hydrogens is 280 g/mol. The molecule has 0 aromatic carbocycles. The van der Waals surface area contributed by atoms with E-state index in [4.69, 9.17) is 5.26 Å². The summed E-state index contributed by atoms with van der Waals surface area (Å²) in [5, 5.41) is 19.4. The van der Waals surface area contributed by atoms with Gasteiger partial charge in [0.25, 0.3) is 5.78 Å². The second-order valence-corrected chi connectivity index (χ2v) is 4.65. The molecule has 0 aliphatic heterocycles. The quantitative estimate of drug-likeness (QED) is 0.682. The van der Waals surface area contributed by atoms with E-state index in [2.05, 4.69) is 30.7 Å². The molecule has 3 rings (SSSR count). The highest BCUT2D eigenvalue weighted by atomic mass is 15.3. The Morgan fingerprint density at radius 2 is 2.09 bits per heavy atom. The summed E-state index contributed by atoms with van der Waals surface area (Å²) in [5.74, 6) is 1.42. The normalized spacial score (nSPS) is 10.4. The van der Waals surface area contributed by atoms with Gasteiger partial charge in [0.05, 0.1) is 11.9 Å². The second-order valence-electron chi connectivity index (χ2n) is 4.65. The first kappa shape index (κ1) is 13.8. The van der Waals surface area contributed by atoms with Crippen molar-refractivity contribution in [2.75, 3.05) is 23.7 Å². The van der Waals surface area contributed by atoms with E-state index in [9.17, 15) is 0 Å². The van der Waals surface area contributed by atoms with Crippen LogP contribution in [0.2, 0.25) is 0 Å². The van der Waals surface area contributed by atoms with E-state index in [1.54, 1.807) is 16.8 Å². The maximum atomic E-state index is 8.70. The largest absolute Gasteiger partial charge is 0.382 e. The van der Waals surface area contributed by atoms with Crippen LogP contribution in [0.1, 0.15) is 11.4 Å². The van der Waals surface area contributed by atoms with E-state index < -0.39 is 0 Å². The van der Waals surface area contributed by atoms with Gasteiger partial charge in [0, 0.05) is 24.8 Å². The van der Waals surface area contributed by atoms with E-state index >= 15 is 0 Å². The van der Waals surface area contributed by atoms with Crippen molar-refractivity contribution in [3.05, 3.63) is 42.1 Å². The summed E-state index contributed by atoms with van der Waals surface area (Å²) in [6.07, 6.45) is 3.12. The number of nitrogens with zero attached hydrogens (tertiary/aromatic N) is 6. The number of pyridine rings is 1. The van der Waals surface area contributed by atoms with Crippen molar-refractivity contribution in [2.24, 2.45) is 0 Å². The Morgan fingerprint density at radius 3 is 2.86 bits per heavy atom. The molecule has 8 nitrogen and oxygen atoms in total. The third-order valence-electron chi connectivity index (χ3n) is 3.02. The standard InChI is InChI=1S/C14H14N8/c1-10-6-13(22-14(21-10)19-9-20-22)17-5-4-16-12-3-2-11(7-15)18-8-12/h2-3,6,8-9,16-17H,4-5H2,1H3. The summed E-state index contributed by atoms with van der Waals surface area (Å²) < 4.78 is 1.66. The van der Waals surface area contributed by atoms with Crippen LogP contribution in [0.25, 0.3) is 5.78 Å². The first-order valence-corrected chi connectivity index (χ1v) is 6.77. The Hall–Kier alpha value is -3.21. The smallest absolute Gasteiger partial charge is 0.254 e. The van der Waals surface area contributed by atoms with Crippen molar-refractivity contribution in [1.29, 1.82) is 5.26 Å². The van der Waals surface area contributed by atoms with Gasteiger partial charge in [-0.3, -0.25) is 0 Å². The first-order chi connectivity index (χ1) is 10.8. The monoisotopic (exact) mass is 294 g/mol. The van der Waals surface area contributed by atoms with Crippen molar-refractivity contribution in [2.45, 2.75) is 6.92 Å². The zero-order valence-corrected chi connectivity index (χ0v) is 12.0. The minimum Gasteiger partial charge on any atom is -0.382 e. The number of nitrogens with one attached hydrogen (secondary N) is 2. The molecular formula is C14H14N8. The van der Waals surface area contributed by atoms with Crippen molar-refractivity contribution < 1.29 is 0 Å². The minimum atomic E-state index is 0.407. The summed E-state index contributed by atoms with van der Waals surface area (Å²) in [4.78, 5) is 12.4. The van der Waals surface area contributed by atoms with Crippen LogP contribution in [0.15, 0.2) is 30.7 Å². The van der Waals surface area contributed by atoms with Gasteiger partial charge in [-0.2, -0.15) is 19.9 Å². The Labute approximate surface area is 126 Å². The lowest BCUT2D eigenvalue weighted by Gasteiger charge is -2.10. The molecule has 0 spiro atoms. The fraction of sp³-hybridized carbons (Fsp3) is 0.214. The fourth-order valence-electron chi connectivity index (χ4n) is 2.02. The summed E-state index contributed by atoms with van der Waals surface area (Å²) in [7, 11) is 0. The number of aryl methyl sites for hydroxylation is 1. The lowest BCUT2D eigenvalue weighted by atomic mass is 10.3. The molecule has 0 saturated heterocycles. The number of nitriles is 1. The molecule has 110 valence electrons. The fourth-order valence-corrected chi connectivity index (χ4v) is 2.02. The van der Waals surface area contributed by atoms with Gasteiger partial charge in [-0.25, -0.2) is 9.97 Å². The van der Waals surface area contributed by atoms with Gasteiger partial charge in [-0.15, -0.1) is 0 Å². The highest BCUT2D eigenvalue weighted by Gasteiger charge is 2.04. The van der Waals surface area contributed by atoms with Crippen LogP contribution in [0.4, 0.5) is 11.5 Å². The molecule has 0 unspecified atom stereocenters.